The van der Waals surface area contributed by atoms with Crippen molar-refractivity contribution in [2.75, 3.05) is 11.6 Å². The van der Waals surface area contributed by atoms with E-state index >= 15 is 0 Å². The van der Waals surface area contributed by atoms with Gasteiger partial charge in [0.25, 0.3) is 0 Å². The predicted molar refractivity (Wildman–Crippen MR) is 56.9 cm³/mol. The van der Waals surface area contributed by atoms with Crippen molar-refractivity contribution in [1.29, 1.82) is 0 Å². The fraction of sp³-hybridized carbons (Fsp3) is 0.300. The molecule has 0 atom stereocenters. The Bertz CT molecular complexity index is 385. The van der Waals surface area contributed by atoms with E-state index < -0.39 is 6.61 Å². The Kier molecular flexibility index (Phi) is 4.49. The maximum atomic E-state index is 12.0. The maximum Gasteiger partial charge on any atom is 0.387 e. The molecule has 0 radical (unpaired) electrons. The first kappa shape index (κ1) is 12.7. The molecule has 3 nitrogen and oxygen atoms in total. The Hall–Kier alpha value is -1.36. The molecule has 0 spiro atoms. The van der Waals surface area contributed by atoms with Crippen LogP contribution >= 0.6 is 11.6 Å². The van der Waals surface area contributed by atoms with Crippen LogP contribution in [0.3, 0.4) is 0 Å². The molecule has 1 rings (SSSR count). The lowest BCUT2D eigenvalue weighted by atomic mass is 10.1. The topological polar surface area (TPSA) is 52.3 Å². The van der Waals surface area contributed by atoms with Gasteiger partial charge < -0.3 is 10.5 Å². The minimum absolute atomic E-state index is 0.0497. The number of ether oxygens (including phenoxy) is 1. The predicted octanol–water partition coefficient (Wildman–Crippen LogP) is 2.22. The smallest absolute Gasteiger partial charge is 0.387 e. The van der Waals surface area contributed by atoms with Crippen LogP contribution in [0, 0.1) is 0 Å². The van der Waals surface area contributed by atoms with E-state index in [1.807, 2.05) is 0 Å². The van der Waals surface area contributed by atoms with Gasteiger partial charge in [-0.2, -0.15) is 8.78 Å². The van der Waals surface area contributed by atoms with Crippen molar-refractivity contribution < 1.29 is 18.3 Å². The van der Waals surface area contributed by atoms with Gasteiger partial charge in [-0.1, -0.05) is 0 Å². The van der Waals surface area contributed by atoms with Crippen LogP contribution in [0.5, 0.6) is 5.75 Å². The average molecular weight is 250 g/mol. The number of carbonyl (C=O) groups excluding carboxylic acids is 1. The number of rotatable bonds is 5. The van der Waals surface area contributed by atoms with Gasteiger partial charge in [0, 0.05) is 18.2 Å². The fourth-order valence-electron chi connectivity index (χ4n) is 1.23. The summed E-state index contributed by atoms with van der Waals surface area (Å²) in [7, 11) is 0. The number of hydrogen-bond acceptors (Lipinski definition) is 3. The molecule has 0 heterocycles. The summed E-state index contributed by atoms with van der Waals surface area (Å²) in [6, 6.07) is 4.12. The molecular formula is C10H10ClF2NO2. The average Bonchev–Trinajstić information content (AvgIpc) is 2.15. The van der Waals surface area contributed by atoms with Gasteiger partial charge in [0.2, 0.25) is 0 Å². The Morgan fingerprint density at radius 2 is 2.12 bits per heavy atom. The van der Waals surface area contributed by atoms with Gasteiger partial charge in [0.15, 0.2) is 5.78 Å². The molecule has 0 fully saturated rings. The summed E-state index contributed by atoms with van der Waals surface area (Å²) >= 11 is 5.33. The zero-order valence-electron chi connectivity index (χ0n) is 8.25. The number of Topliss-reactive ketones (excluding diaryl/α,β-unsaturated/α-hetero) is 1. The van der Waals surface area contributed by atoms with Gasteiger partial charge in [-0.3, -0.25) is 4.79 Å². The minimum atomic E-state index is -2.92. The van der Waals surface area contributed by atoms with Crippen molar-refractivity contribution in [3.63, 3.8) is 0 Å². The molecule has 0 saturated carbocycles. The maximum absolute atomic E-state index is 12.0. The normalized spacial score (nSPS) is 10.5. The van der Waals surface area contributed by atoms with Crippen molar-refractivity contribution in [3.8, 4) is 5.75 Å². The number of carbonyl (C=O) groups is 1. The van der Waals surface area contributed by atoms with E-state index in [1.165, 1.54) is 18.2 Å². The van der Waals surface area contributed by atoms with Gasteiger partial charge in [0.1, 0.15) is 5.75 Å². The van der Waals surface area contributed by atoms with Crippen LogP contribution in [-0.2, 0) is 11.2 Å². The van der Waals surface area contributed by atoms with Crippen LogP contribution in [0.15, 0.2) is 18.2 Å². The number of anilines is 1. The summed E-state index contributed by atoms with van der Waals surface area (Å²) in [6.07, 6.45) is 0.0497. The van der Waals surface area contributed by atoms with E-state index in [4.69, 9.17) is 17.3 Å². The molecule has 0 unspecified atom stereocenters. The van der Waals surface area contributed by atoms with Gasteiger partial charge >= 0.3 is 6.61 Å². The standard InChI is InChI=1S/C10H10ClF2NO2/c11-5-8(15)2-6-1-7(14)4-9(3-6)16-10(12)13/h1,3-4,10H,2,5,14H2. The molecule has 0 aliphatic rings. The summed E-state index contributed by atoms with van der Waals surface area (Å²) in [5.41, 5.74) is 6.24. The zero-order chi connectivity index (χ0) is 12.1. The molecule has 0 bridgehead atoms. The zero-order valence-corrected chi connectivity index (χ0v) is 9.01. The van der Waals surface area contributed by atoms with Crippen LogP contribution in [0.25, 0.3) is 0 Å². The first-order chi connectivity index (χ1) is 7.51. The molecule has 0 amide bonds. The highest BCUT2D eigenvalue weighted by molar-refractivity contribution is 6.27. The Labute approximate surface area is 96.1 Å². The molecule has 0 aromatic heterocycles. The molecule has 88 valence electrons. The van der Waals surface area contributed by atoms with Gasteiger partial charge in [-0.15, -0.1) is 11.6 Å². The quantitative estimate of drug-likeness (QED) is 0.643. The number of nitrogen functional groups attached to an aromatic ring is 1. The number of halogens is 3. The highest BCUT2D eigenvalue weighted by Gasteiger charge is 2.08. The lowest BCUT2D eigenvalue weighted by Crippen LogP contribution is -2.06. The third-order valence-electron chi connectivity index (χ3n) is 1.76. The molecule has 16 heavy (non-hydrogen) atoms. The highest BCUT2D eigenvalue weighted by atomic mass is 35.5. The molecule has 0 aliphatic heterocycles. The molecule has 0 aliphatic carbocycles. The lowest BCUT2D eigenvalue weighted by Gasteiger charge is -2.07. The number of alkyl halides is 3. The van der Waals surface area contributed by atoms with E-state index in [0.717, 1.165) is 0 Å². The SMILES string of the molecule is Nc1cc(CC(=O)CCl)cc(OC(F)F)c1. The number of ketones is 1. The van der Waals surface area contributed by atoms with Crippen LogP contribution in [0.4, 0.5) is 14.5 Å². The minimum Gasteiger partial charge on any atom is -0.435 e. The second-order valence-electron chi connectivity index (χ2n) is 3.14. The van der Waals surface area contributed by atoms with Crippen LogP contribution in [0.2, 0.25) is 0 Å². The Balaban J connectivity index is 2.85. The van der Waals surface area contributed by atoms with Crippen molar-refractivity contribution in [2.45, 2.75) is 13.0 Å². The van der Waals surface area contributed by atoms with Gasteiger partial charge in [0.05, 0.1) is 5.88 Å². The summed E-state index contributed by atoms with van der Waals surface area (Å²) in [6.45, 7) is -2.92. The van der Waals surface area contributed by atoms with Crippen molar-refractivity contribution >= 4 is 23.1 Å². The van der Waals surface area contributed by atoms with Crippen molar-refractivity contribution in [2.24, 2.45) is 0 Å². The van der Waals surface area contributed by atoms with Crippen LogP contribution < -0.4 is 10.5 Å². The number of nitrogens with two attached hydrogens (primary N) is 1. The Morgan fingerprint density at radius 3 is 2.69 bits per heavy atom. The first-order valence-corrected chi connectivity index (χ1v) is 4.96. The van der Waals surface area contributed by atoms with E-state index in [0.29, 0.717) is 5.56 Å². The monoisotopic (exact) mass is 249 g/mol. The first-order valence-electron chi connectivity index (χ1n) is 4.43. The number of benzene rings is 1. The molecule has 0 saturated heterocycles. The lowest BCUT2D eigenvalue weighted by molar-refractivity contribution is -0.116. The summed E-state index contributed by atoms with van der Waals surface area (Å²) in [4.78, 5) is 11.1. The molecule has 6 heteroatoms. The molecule has 2 N–H and O–H groups in total. The Morgan fingerprint density at radius 1 is 1.44 bits per heavy atom. The number of hydrogen-bond donors (Lipinski definition) is 1. The molecular weight excluding hydrogens is 240 g/mol. The second kappa shape index (κ2) is 5.65. The second-order valence-corrected chi connectivity index (χ2v) is 3.41. The van der Waals surface area contributed by atoms with Gasteiger partial charge in [-0.25, -0.2) is 0 Å². The molecule has 1 aromatic carbocycles. The third-order valence-corrected chi connectivity index (χ3v) is 2.06. The summed E-state index contributed by atoms with van der Waals surface area (Å²) < 4.78 is 28.1. The van der Waals surface area contributed by atoms with Crippen molar-refractivity contribution in [1.82, 2.24) is 0 Å². The van der Waals surface area contributed by atoms with Gasteiger partial charge in [-0.05, 0) is 17.7 Å². The fourth-order valence-corrected chi connectivity index (χ4v) is 1.33. The molecule has 1 aromatic rings. The highest BCUT2D eigenvalue weighted by Crippen LogP contribution is 2.21. The van der Waals surface area contributed by atoms with E-state index in [9.17, 15) is 13.6 Å². The summed E-state index contributed by atoms with van der Waals surface area (Å²) in [5, 5.41) is 0. The third kappa shape index (κ3) is 4.02. The van der Waals surface area contributed by atoms with Crippen LogP contribution in [0.1, 0.15) is 5.56 Å². The van der Waals surface area contributed by atoms with E-state index in [-0.39, 0.29) is 29.5 Å². The van der Waals surface area contributed by atoms with Crippen LogP contribution in [-0.4, -0.2) is 18.3 Å². The summed E-state index contributed by atoms with van der Waals surface area (Å²) in [5.74, 6) is -0.400. The van der Waals surface area contributed by atoms with E-state index in [1.54, 1.807) is 0 Å². The largest absolute Gasteiger partial charge is 0.435 e. The van der Waals surface area contributed by atoms with E-state index in [2.05, 4.69) is 4.74 Å². The van der Waals surface area contributed by atoms with Crippen molar-refractivity contribution in [3.05, 3.63) is 23.8 Å².